The Balaban J connectivity index is 2.19. The van der Waals surface area contributed by atoms with E-state index in [0.717, 1.165) is 24.8 Å². The van der Waals surface area contributed by atoms with Crippen LogP contribution in [-0.2, 0) is 9.53 Å². The van der Waals surface area contributed by atoms with Crippen molar-refractivity contribution in [3.8, 4) is 11.5 Å². The van der Waals surface area contributed by atoms with Gasteiger partial charge in [-0.15, -0.1) is 0 Å². The van der Waals surface area contributed by atoms with Gasteiger partial charge in [0.05, 0.1) is 19.4 Å². The van der Waals surface area contributed by atoms with E-state index in [1.807, 2.05) is 19.1 Å². The molecule has 1 aromatic heterocycles. The Labute approximate surface area is 182 Å². The number of aryl methyl sites for hydroxylation is 2. The molecule has 2 aromatic rings. The van der Waals surface area contributed by atoms with Crippen LogP contribution in [0.3, 0.4) is 0 Å². The smallest absolute Gasteiger partial charge is 0.350 e. The fourth-order valence-corrected chi connectivity index (χ4v) is 3.85. The van der Waals surface area contributed by atoms with Crippen LogP contribution in [0, 0.1) is 13.8 Å². The predicted octanol–water partition coefficient (Wildman–Crippen LogP) is 4.55. The van der Waals surface area contributed by atoms with Gasteiger partial charge in [-0.25, -0.2) is 9.78 Å². The molecule has 0 bridgehead atoms. The number of anilines is 1. The SMILES string of the molecule is CCCCCN(C(=O)COc1ccc(C)cc1OC)c1nc(C)c(C(=O)OCC)s1. The number of esters is 1. The number of amides is 1. The molecule has 0 saturated carbocycles. The van der Waals surface area contributed by atoms with Crippen LogP contribution in [0.2, 0.25) is 0 Å². The summed E-state index contributed by atoms with van der Waals surface area (Å²) in [5.74, 6) is 0.445. The molecule has 1 amide bonds. The third-order valence-electron chi connectivity index (χ3n) is 4.43. The lowest BCUT2D eigenvalue weighted by atomic mass is 10.2. The number of carbonyl (C=O) groups is 2. The van der Waals surface area contributed by atoms with Crippen molar-refractivity contribution < 1.29 is 23.8 Å². The van der Waals surface area contributed by atoms with Gasteiger partial charge in [0, 0.05) is 6.54 Å². The number of unbranched alkanes of at least 4 members (excludes halogenated alkanes) is 2. The highest BCUT2D eigenvalue weighted by Crippen LogP contribution is 2.29. The molecule has 0 radical (unpaired) electrons. The van der Waals surface area contributed by atoms with Crippen molar-refractivity contribution >= 4 is 28.3 Å². The average molecular weight is 435 g/mol. The van der Waals surface area contributed by atoms with Crippen LogP contribution in [0.25, 0.3) is 0 Å². The molecule has 8 heteroatoms. The standard InChI is InChI=1S/C22H30N2O5S/c1-6-8-9-12-24(22-23-16(4)20(30-22)21(26)28-7-2)19(25)14-29-17-11-10-15(3)13-18(17)27-5/h10-11,13H,6-9,12,14H2,1-5H3. The second-order valence-electron chi connectivity index (χ2n) is 6.83. The highest BCUT2D eigenvalue weighted by Gasteiger charge is 2.24. The maximum Gasteiger partial charge on any atom is 0.350 e. The Morgan fingerprint density at radius 2 is 1.90 bits per heavy atom. The summed E-state index contributed by atoms with van der Waals surface area (Å²) in [7, 11) is 1.57. The normalized spacial score (nSPS) is 10.6. The number of thiazole rings is 1. The quantitative estimate of drug-likeness (QED) is 0.381. The molecule has 0 N–H and O–H groups in total. The summed E-state index contributed by atoms with van der Waals surface area (Å²) in [4.78, 5) is 31.6. The lowest BCUT2D eigenvalue weighted by Gasteiger charge is -2.20. The summed E-state index contributed by atoms with van der Waals surface area (Å²) < 4.78 is 16.2. The topological polar surface area (TPSA) is 78.0 Å². The number of rotatable bonds is 11. The molecule has 0 aliphatic heterocycles. The molecule has 30 heavy (non-hydrogen) atoms. The fourth-order valence-electron chi connectivity index (χ4n) is 2.84. The maximum absolute atomic E-state index is 13.0. The van der Waals surface area contributed by atoms with E-state index in [9.17, 15) is 9.59 Å². The number of methoxy groups -OCH3 is 1. The lowest BCUT2D eigenvalue weighted by Crippen LogP contribution is -2.35. The van der Waals surface area contributed by atoms with E-state index in [4.69, 9.17) is 14.2 Å². The largest absolute Gasteiger partial charge is 0.493 e. The zero-order chi connectivity index (χ0) is 22.1. The highest BCUT2D eigenvalue weighted by atomic mass is 32.1. The third kappa shape index (κ3) is 6.19. The van der Waals surface area contributed by atoms with E-state index in [2.05, 4.69) is 11.9 Å². The summed E-state index contributed by atoms with van der Waals surface area (Å²) in [5, 5.41) is 0.483. The molecule has 7 nitrogen and oxygen atoms in total. The molecule has 2 rings (SSSR count). The second kappa shape index (κ2) is 11.5. The zero-order valence-corrected chi connectivity index (χ0v) is 19.1. The van der Waals surface area contributed by atoms with Gasteiger partial charge in [-0.1, -0.05) is 37.2 Å². The van der Waals surface area contributed by atoms with Crippen molar-refractivity contribution in [1.29, 1.82) is 0 Å². The highest BCUT2D eigenvalue weighted by molar-refractivity contribution is 7.17. The second-order valence-corrected chi connectivity index (χ2v) is 7.80. The van der Waals surface area contributed by atoms with Gasteiger partial charge in [0.1, 0.15) is 4.88 Å². The molecule has 0 saturated heterocycles. The van der Waals surface area contributed by atoms with Crippen molar-refractivity contribution in [3.05, 3.63) is 34.3 Å². The fraction of sp³-hybridized carbons (Fsp3) is 0.500. The summed E-state index contributed by atoms with van der Waals surface area (Å²) in [6.07, 6.45) is 2.86. The number of nitrogens with zero attached hydrogens (tertiary/aromatic N) is 2. The van der Waals surface area contributed by atoms with E-state index in [1.165, 1.54) is 11.3 Å². The first-order chi connectivity index (χ1) is 14.4. The van der Waals surface area contributed by atoms with E-state index in [1.54, 1.807) is 31.9 Å². The van der Waals surface area contributed by atoms with Gasteiger partial charge in [0.25, 0.3) is 5.91 Å². The first-order valence-electron chi connectivity index (χ1n) is 10.1. The first-order valence-corrected chi connectivity index (χ1v) is 10.9. The molecular weight excluding hydrogens is 404 g/mol. The minimum atomic E-state index is -0.416. The lowest BCUT2D eigenvalue weighted by molar-refractivity contribution is -0.120. The van der Waals surface area contributed by atoms with Gasteiger partial charge < -0.3 is 14.2 Å². The van der Waals surface area contributed by atoms with E-state index in [-0.39, 0.29) is 19.1 Å². The Kier molecular flexibility index (Phi) is 9.11. The van der Waals surface area contributed by atoms with Crippen LogP contribution in [0.4, 0.5) is 5.13 Å². The first kappa shape index (κ1) is 23.7. The summed E-state index contributed by atoms with van der Waals surface area (Å²) >= 11 is 1.17. The van der Waals surface area contributed by atoms with Gasteiger partial charge in [0.15, 0.2) is 23.2 Å². The molecule has 1 heterocycles. The van der Waals surface area contributed by atoms with Gasteiger partial charge in [-0.05, 0) is 44.9 Å². The maximum atomic E-state index is 13.0. The van der Waals surface area contributed by atoms with Crippen LogP contribution < -0.4 is 14.4 Å². The van der Waals surface area contributed by atoms with Gasteiger partial charge >= 0.3 is 5.97 Å². The molecule has 0 aliphatic rings. The van der Waals surface area contributed by atoms with E-state index >= 15 is 0 Å². The van der Waals surface area contributed by atoms with Crippen molar-refractivity contribution in [2.75, 3.05) is 31.8 Å². The minimum Gasteiger partial charge on any atom is -0.493 e. The number of aromatic nitrogens is 1. The molecule has 1 aromatic carbocycles. The summed E-state index contributed by atoms with van der Waals surface area (Å²) in [5.41, 5.74) is 1.60. The van der Waals surface area contributed by atoms with Gasteiger partial charge in [-0.3, -0.25) is 9.69 Å². The predicted molar refractivity (Wildman–Crippen MR) is 118 cm³/mol. The Bertz CT molecular complexity index is 865. The molecule has 0 unspecified atom stereocenters. The molecule has 0 spiro atoms. The molecule has 0 atom stereocenters. The number of benzene rings is 1. The molecular formula is C22H30N2O5S. The average Bonchev–Trinajstić information content (AvgIpc) is 3.11. The number of carbonyl (C=O) groups excluding carboxylic acids is 2. The van der Waals surface area contributed by atoms with Crippen LogP contribution in [0.15, 0.2) is 18.2 Å². The Hall–Kier alpha value is -2.61. The zero-order valence-electron chi connectivity index (χ0n) is 18.3. The van der Waals surface area contributed by atoms with Crippen LogP contribution in [0.1, 0.15) is 54.0 Å². The van der Waals surface area contributed by atoms with Crippen molar-refractivity contribution in [2.45, 2.75) is 47.0 Å². The van der Waals surface area contributed by atoms with Gasteiger partial charge in [0.2, 0.25) is 0 Å². The Morgan fingerprint density at radius 1 is 1.13 bits per heavy atom. The molecule has 0 fully saturated rings. The van der Waals surface area contributed by atoms with Crippen molar-refractivity contribution in [3.63, 3.8) is 0 Å². The minimum absolute atomic E-state index is 0.154. The van der Waals surface area contributed by atoms with Crippen molar-refractivity contribution in [2.24, 2.45) is 0 Å². The molecule has 0 aliphatic carbocycles. The van der Waals surface area contributed by atoms with Crippen LogP contribution >= 0.6 is 11.3 Å². The number of ether oxygens (including phenoxy) is 3. The van der Waals surface area contributed by atoms with Crippen LogP contribution in [-0.4, -0.2) is 43.7 Å². The number of hydrogen-bond donors (Lipinski definition) is 0. The number of hydrogen-bond acceptors (Lipinski definition) is 7. The molecule has 164 valence electrons. The summed E-state index contributed by atoms with van der Waals surface area (Å²) in [6.45, 7) is 8.21. The van der Waals surface area contributed by atoms with E-state index in [0.29, 0.717) is 33.7 Å². The van der Waals surface area contributed by atoms with E-state index < -0.39 is 5.97 Å². The third-order valence-corrected chi connectivity index (χ3v) is 5.59. The Morgan fingerprint density at radius 3 is 2.57 bits per heavy atom. The van der Waals surface area contributed by atoms with Crippen LogP contribution in [0.5, 0.6) is 11.5 Å². The monoisotopic (exact) mass is 434 g/mol. The van der Waals surface area contributed by atoms with Crippen molar-refractivity contribution in [1.82, 2.24) is 4.98 Å². The summed E-state index contributed by atoms with van der Waals surface area (Å²) in [6, 6.07) is 5.54. The van der Waals surface area contributed by atoms with Gasteiger partial charge in [-0.2, -0.15) is 0 Å².